The summed E-state index contributed by atoms with van der Waals surface area (Å²) in [6.45, 7) is 0.347. The molecule has 110 valence electrons. The number of aliphatic carboxylic acids is 1. The molecule has 0 aromatic heterocycles. The molecule has 0 radical (unpaired) electrons. The average Bonchev–Trinajstić information content (AvgIpc) is 2.33. The van der Waals surface area contributed by atoms with Crippen LogP contribution < -0.4 is 10.0 Å². The van der Waals surface area contributed by atoms with E-state index in [0.717, 1.165) is 12.7 Å². The van der Waals surface area contributed by atoms with Crippen LogP contribution in [-0.4, -0.2) is 44.7 Å². The van der Waals surface area contributed by atoms with Gasteiger partial charge in [0.2, 0.25) is 15.9 Å². The van der Waals surface area contributed by atoms with Crippen LogP contribution in [0.4, 0.5) is 0 Å². The zero-order chi connectivity index (χ0) is 14.5. The molecule has 19 heavy (non-hydrogen) atoms. The van der Waals surface area contributed by atoms with Gasteiger partial charge in [-0.25, -0.2) is 13.1 Å². The maximum atomic E-state index is 11.8. The lowest BCUT2D eigenvalue weighted by Gasteiger charge is -2.25. The fourth-order valence-corrected chi connectivity index (χ4v) is 2.69. The molecule has 1 aliphatic carbocycles. The molecule has 2 atom stereocenters. The van der Waals surface area contributed by atoms with Gasteiger partial charge in [-0.2, -0.15) is 0 Å². The van der Waals surface area contributed by atoms with E-state index in [2.05, 4.69) is 10.0 Å². The van der Waals surface area contributed by atoms with E-state index < -0.39 is 21.9 Å². The Balaban J connectivity index is 2.31. The van der Waals surface area contributed by atoms with Crippen molar-refractivity contribution in [2.45, 2.75) is 25.7 Å². The van der Waals surface area contributed by atoms with E-state index in [1.165, 1.54) is 0 Å². The molecule has 0 saturated heterocycles. The number of nitrogens with one attached hydrogen (secondary N) is 2. The largest absolute Gasteiger partial charge is 0.481 e. The van der Waals surface area contributed by atoms with Crippen molar-refractivity contribution in [2.75, 3.05) is 19.3 Å². The van der Waals surface area contributed by atoms with Crippen LogP contribution in [0, 0.1) is 11.8 Å². The van der Waals surface area contributed by atoms with Crippen LogP contribution in [0.1, 0.15) is 25.7 Å². The van der Waals surface area contributed by atoms with Gasteiger partial charge in [0, 0.05) is 19.0 Å². The second-order valence-corrected chi connectivity index (χ2v) is 6.69. The molecule has 1 fully saturated rings. The van der Waals surface area contributed by atoms with Crippen molar-refractivity contribution in [3.05, 3.63) is 0 Å². The molecule has 1 saturated carbocycles. The Bertz CT molecular complexity index is 434. The predicted molar refractivity (Wildman–Crippen MR) is 68.9 cm³/mol. The van der Waals surface area contributed by atoms with E-state index >= 15 is 0 Å². The zero-order valence-corrected chi connectivity index (χ0v) is 11.7. The third-order valence-electron chi connectivity index (χ3n) is 3.18. The quantitative estimate of drug-likeness (QED) is 0.574. The van der Waals surface area contributed by atoms with Gasteiger partial charge in [0.1, 0.15) is 0 Å². The number of hydrogen-bond acceptors (Lipinski definition) is 4. The summed E-state index contributed by atoms with van der Waals surface area (Å²) < 4.78 is 23.9. The third-order valence-corrected chi connectivity index (χ3v) is 3.91. The number of carbonyl (C=O) groups excluding carboxylic acids is 1. The van der Waals surface area contributed by atoms with Crippen LogP contribution in [-0.2, 0) is 19.6 Å². The summed E-state index contributed by atoms with van der Waals surface area (Å²) in [6.07, 6.45) is 3.45. The minimum Gasteiger partial charge on any atom is -0.481 e. The lowest BCUT2D eigenvalue weighted by Crippen LogP contribution is -2.39. The average molecular weight is 292 g/mol. The molecule has 8 heteroatoms. The van der Waals surface area contributed by atoms with Gasteiger partial charge < -0.3 is 10.4 Å². The Hall–Kier alpha value is -1.15. The van der Waals surface area contributed by atoms with Crippen LogP contribution in [0.2, 0.25) is 0 Å². The highest BCUT2D eigenvalue weighted by molar-refractivity contribution is 7.88. The van der Waals surface area contributed by atoms with Gasteiger partial charge in [0.25, 0.3) is 0 Å². The monoisotopic (exact) mass is 292 g/mol. The first-order valence-electron chi connectivity index (χ1n) is 6.25. The Morgan fingerprint density at radius 1 is 1.21 bits per heavy atom. The number of amides is 1. The van der Waals surface area contributed by atoms with Gasteiger partial charge in [-0.1, -0.05) is 6.42 Å². The van der Waals surface area contributed by atoms with Crippen molar-refractivity contribution in [2.24, 2.45) is 11.8 Å². The molecule has 0 bridgehead atoms. The van der Waals surface area contributed by atoms with Crippen molar-refractivity contribution in [1.29, 1.82) is 0 Å². The van der Waals surface area contributed by atoms with Gasteiger partial charge in [-0.3, -0.25) is 9.59 Å². The van der Waals surface area contributed by atoms with Crippen molar-refractivity contribution < 1.29 is 23.1 Å². The van der Waals surface area contributed by atoms with E-state index in [4.69, 9.17) is 5.11 Å². The molecule has 0 spiro atoms. The SMILES string of the molecule is CS(=O)(=O)NCCNC(=O)C1CCCC(C(=O)O)C1. The minimum absolute atomic E-state index is 0.139. The van der Waals surface area contributed by atoms with Crippen molar-refractivity contribution in [1.82, 2.24) is 10.0 Å². The van der Waals surface area contributed by atoms with Crippen LogP contribution in [0.3, 0.4) is 0 Å². The number of carbonyl (C=O) groups is 2. The Morgan fingerprint density at radius 2 is 1.84 bits per heavy atom. The first kappa shape index (κ1) is 15.9. The highest BCUT2D eigenvalue weighted by Crippen LogP contribution is 2.29. The summed E-state index contributed by atoms with van der Waals surface area (Å²) in [5, 5.41) is 11.6. The Labute approximate surface area is 112 Å². The smallest absolute Gasteiger partial charge is 0.306 e. The zero-order valence-electron chi connectivity index (χ0n) is 10.9. The van der Waals surface area contributed by atoms with E-state index in [1.807, 2.05) is 0 Å². The maximum absolute atomic E-state index is 11.8. The normalized spacial score (nSPS) is 23.8. The number of carboxylic acids is 1. The standard InChI is InChI=1S/C11H20N2O5S/c1-19(17,18)13-6-5-12-10(14)8-3-2-4-9(7-8)11(15)16/h8-9,13H,2-7H2,1H3,(H,12,14)(H,15,16). The van der Waals surface area contributed by atoms with Crippen LogP contribution >= 0.6 is 0 Å². The maximum Gasteiger partial charge on any atom is 0.306 e. The molecular weight excluding hydrogens is 272 g/mol. The molecule has 1 amide bonds. The summed E-state index contributed by atoms with van der Waals surface area (Å²) in [4.78, 5) is 22.7. The fourth-order valence-electron chi connectivity index (χ4n) is 2.22. The Kier molecular flexibility index (Phi) is 5.74. The lowest BCUT2D eigenvalue weighted by molar-refractivity contribution is -0.144. The van der Waals surface area contributed by atoms with Gasteiger partial charge in [0.15, 0.2) is 0 Å². The highest BCUT2D eigenvalue weighted by atomic mass is 32.2. The number of sulfonamides is 1. The fraction of sp³-hybridized carbons (Fsp3) is 0.818. The van der Waals surface area contributed by atoms with Gasteiger partial charge in [-0.15, -0.1) is 0 Å². The van der Waals surface area contributed by atoms with Gasteiger partial charge in [-0.05, 0) is 19.3 Å². The molecule has 1 aliphatic rings. The topological polar surface area (TPSA) is 113 Å². The molecule has 0 aromatic rings. The minimum atomic E-state index is -3.25. The second-order valence-electron chi connectivity index (χ2n) is 4.86. The lowest BCUT2D eigenvalue weighted by atomic mass is 9.81. The number of rotatable bonds is 6. The summed E-state index contributed by atoms with van der Waals surface area (Å²) in [5.74, 6) is -1.77. The molecule has 0 aromatic carbocycles. The van der Waals surface area contributed by atoms with Crippen LogP contribution in [0.15, 0.2) is 0 Å². The summed E-state index contributed by atoms with van der Waals surface area (Å²) in [6, 6.07) is 0. The van der Waals surface area contributed by atoms with Crippen LogP contribution in [0.25, 0.3) is 0 Å². The number of carboxylic acid groups (broad SMARTS) is 1. The summed E-state index contributed by atoms with van der Waals surface area (Å²) in [7, 11) is -3.25. The second kappa shape index (κ2) is 6.85. The number of hydrogen-bond donors (Lipinski definition) is 3. The molecule has 1 rings (SSSR count). The van der Waals surface area contributed by atoms with Crippen LogP contribution in [0.5, 0.6) is 0 Å². The molecule has 0 aliphatic heterocycles. The summed E-state index contributed by atoms with van der Waals surface area (Å²) >= 11 is 0. The van der Waals surface area contributed by atoms with E-state index in [9.17, 15) is 18.0 Å². The van der Waals surface area contributed by atoms with E-state index in [-0.39, 0.29) is 24.9 Å². The predicted octanol–water partition coefficient (Wildman–Crippen LogP) is -0.457. The van der Waals surface area contributed by atoms with Gasteiger partial charge >= 0.3 is 5.97 Å². The van der Waals surface area contributed by atoms with Crippen molar-refractivity contribution in [3.8, 4) is 0 Å². The van der Waals surface area contributed by atoms with E-state index in [1.54, 1.807) is 0 Å². The summed E-state index contributed by atoms with van der Waals surface area (Å²) in [5.41, 5.74) is 0. The Morgan fingerprint density at radius 3 is 2.42 bits per heavy atom. The van der Waals surface area contributed by atoms with Crippen molar-refractivity contribution >= 4 is 21.9 Å². The van der Waals surface area contributed by atoms with Gasteiger partial charge in [0.05, 0.1) is 12.2 Å². The molecule has 7 nitrogen and oxygen atoms in total. The molecule has 2 unspecified atom stereocenters. The van der Waals surface area contributed by atoms with E-state index in [0.29, 0.717) is 19.3 Å². The highest BCUT2D eigenvalue weighted by Gasteiger charge is 2.30. The molecule has 3 N–H and O–H groups in total. The van der Waals surface area contributed by atoms with Crippen molar-refractivity contribution in [3.63, 3.8) is 0 Å². The first-order chi connectivity index (χ1) is 8.79. The third kappa shape index (κ3) is 6.02. The molecular formula is C11H20N2O5S. The molecule has 0 heterocycles. The first-order valence-corrected chi connectivity index (χ1v) is 8.14.